The maximum Gasteiger partial charge on any atom is 0.356 e. The van der Waals surface area contributed by atoms with Crippen LogP contribution >= 0.6 is 0 Å². The number of aromatic amines is 1. The third-order valence-corrected chi connectivity index (χ3v) is 1.61. The minimum Gasteiger partial charge on any atom is -0.461 e. The predicted molar refractivity (Wildman–Crippen MR) is 50.0 cm³/mol. The van der Waals surface area contributed by atoms with Crippen LogP contribution < -0.4 is 5.43 Å². The summed E-state index contributed by atoms with van der Waals surface area (Å²) in [5.41, 5.74) is -0.222. The molecule has 1 aromatic heterocycles. The van der Waals surface area contributed by atoms with Gasteiger partial charge in [0.2, 0.25) is 5.43 Å². The molecule has 0 unspecified atom stereocenters. The normalized spacial score (nSPS) is 9.79. The molecular formula is C9H12N2O3. The van der Waals surface area contributed by atoms with E-state index >= 15 is 0 Å². The minimum atomic E-state index is -0.538. The van der Waals surface area contributed by atoms with E-state index < -0.39 is 5.97 Å². The lowest BCUT2D eigenvalue weighted by Gasteiger charge is -2.02. The van der Waals surface area contributed by atoms with Crippen molar-refractivity contribution in [3.63, 3.8) is 0 Å². The van der Waals surface area contributed by atoms with Gasteiger partial charge in [-0.25, -0.2) is 4.79 Å². The molecule has 0 fully saturated rings. The van der Waals surface area contributed by atoms with Gasteiger partial charge in [-0.05, 0) is 6.42 Å². The third-order valence-electron chi connectivity index (χ3n) is 1.61. The molecular weight excluding hydrogens is 184 g/mol. The summed E-state index contributed by atoms with van der Waals surface area (Å²) in [5, 5.41) is 5.91. The molecule has 0 aromatic carbocycles. The Bertz CT molecular complexity index is 359. The predicted octanol–water partition coefficient (Wildman–Crippen LogP) is 0.727. The largest absolute Gasteiger partial charge is 0.461 e. The SMILES string of the molecule is CCCCOC(=O)c1cc(=O)cn[nH]1. The number of nitrogens with zero attached hydrogens (tertiary/aromatic N) is 1. The van der Waals surface area contributed by atoms with E-state index in [0.29, 0.717) is 6.61 Å². The zero-order chi connectivity index (χ0) is 10.4. The van der Waals surface area contributed by atoms with Crippen LogP contribution in [0.15, 0.2) is 17.1 Å². The molecule has 1 rings (SSSR count). The van der Waals surface area contributed by atoms with Crippen LogP contribution in [0.2, 0.25) is 0 Å². The van der Waals surface area contributed by atoms with E-state index in [1.807, 2.05) is 6.92 Å². The topological polar surface area (TPSA) is 72.1 Å². The number of nitrogens with one attached hydrogen (secondary N) is 1. The summed E-state index contributed by atoms with van der Waals surface area (Å²) in [6, 6.07) is 1.17. The van der Waals surface area contributed by atoms with Gasteiger partial charge < -0.3 is 4.74 Å². The number of hydrogen-bond acceptors (Lipinski definition) is 4. The zero-order valence-electron chi connectivity index (χ0n) is 7.95. The third kappa shape index (κ3) is 3.01. The second-order valence-electron chi connectivity index (χ2n) is 2.82. The molecule has 0 spiro atoms. The van der Waals surface area contributed by atoms with Crippen LogP contribution in [0.4, 0.5) is 0 Å². The molecule has 1 N–H and O–H groups in total. The molecule has 5 nitrogen and oxygen atoms in total. The minimum absolute atomic E-state index is 0.0913. The van der Waals surface area contributed by atoms with E-state index in [-0.39, 0.29) is 11.1 Å². The lowest BCUT2D eigenvalue weighted by molar-refractivity contribution is 0.0491. The van der Waals surface area contributed by atoms with Crippen molar-refractivity contribution in [2.24, 2.45) is 0 Å². The van der Waals surface area contributed by atoms with Gasteiger partial charge in [-0.1, -0.05) is 13.3 Å². The molecule has 0 bridgehead atoms. The second-order valence-corrected chi connectivity index (χ2v) is 2.82. The first-order valence-corrected chi connectivity index (χ1v) is 4.46. The summed E-state index contributed by atoms with van der Waals surface area (Å²) < 4.78 is 4.87. The Morgan fingerprint density at radius 1 is 1.64 bits per heavy atom. The molecule has 0 aliphatic rings. The van der Waals surface area contributed by atoms with Gasteiger partial charge in [-0.2, -0.15) is 5.10 Å². The molecule has 0 saturated heterocycles. The van der Waals surface area contributed by atoms with E-state index in [2.05, 4.69) is 10.2 Å². The molecule has 0 atom stereocenters. The average molecular weight is 196 g/mol. The van der Waals surface area contributed by atoms with Crippen LogP contribution in [-0.2, 0) is 4.74 Å². The highest BCUT2D eigenvalue weighted by atomic mass is 16.5. The van der Waals surface area contributed by atoms with E-state index in [4.69, 9.17) is 4.74 Å². The van der Waals surface area contributed by atoms with Crippen LogP contribution in [-0.4, -0.2) is 22.8 Å². The monoisotopic (exact) mass is 196 g/mol. The summed E-state index contributed by atoms with van der Waals surface area (Å²) >= 11 is 0. The molecule has 0 aliphatic carbocycles. The highest BCUT2D eigenvalue weighted by Gasteiger charge is 2.07. The van der Waals surface area contributed by atoms with Crippen molar-refractivity contribution in [1.29, 1.82) is 0 Å². The van der Waals surface area contributed by atoms with Gasteiger partial charge in [-0.3, -0.25) is 9.89 Å². The Hall–Kier alpha value is -1.65. The fourth-order valence-electron chi connectivity index (χ4n) is 0.869. The standard InChI is InChI=1S/C9H12N2O3/c1-2-3-4-14-9(13)8-5-7(12)6-10-11-8/h5-6H,2-4H2,1H3,(H,11,12). The second kappa shape index (κ2) is 5.16. The Labute approximate surface area is 81.1 Å². The number of rotatable bonds is 4. The number of ether oxygens (including phenoxy) is 1. The lowest BCUT2D eigenvalue weighted by atomic mass is 10.3. The van der Waals surface area contributed by atoms with Gasteiger partial charge in [0.15, 0.2) is 0 Å². The first kappa shape index (κ1) is 10.4. The molecule has 14 heavy (non-hydrogen) atoms. The molecule has 76 valence electrons. The molecule has 0 saturated carbocycles. The Morgan fingerprint density at radius 2 is 2.43 bits per heavy atom. The molecule has 5 heteroatoms. The number of esters is 1. The van der Waals surface area contributed by atoms with Gasteiger partial charge in [0.25, 0.3) is 0 Å². The quantitative estimate of drug-likeness (QED) is 0.569. The number of carbonyl (C=O) groups is 1. The lowest BCUT2D eigenvalue weighted by Crippen LogP contribution is -2.13. The van der Waals surface area contributed by atoms with Gasteiger partial charge >= 0.3 is 5.97 Å². The van der Waals surface area contributed by atoms with Gasteiger partial charge in [0.1, 0.15) is 5.69 Å². The van der Waals surface area contributed by atoms with Crippen molar-refractivity contribution in [2.45, 2.75) is 19.8 Å². The Balaban J connectivity index is 2.56. The number of aromatic nitrogens is 2. The number of unbranched alkanes of at least 4 members (excludes halogenated alkanes) is 1. The van der Waals surface area contributed by atoms with Gasteiger partial charge in [0, 0.05) is 6.07 Å². The number of carbonyl (C=O) groups excluding carboxylic acids is 1. The molecule has 0 radical (unpaired) electrons. The van der Waals surface area contributed by atoms with Crippen molar-refractivity contribution in [3.8, 4) is 0 Å². The van der Waals surface area contributed by atoms with Gasteiger partial charge in [-0.15, -0.1) is 0 Å². The summed E-state index contributed by atoms with van der Waals surface area (Å²) in [6.45, 7) is 2.37. The van der Waals surface area contributed by atoms with Crippen LogP contribution in [0.25, 0.3) is 0 Å². The van der Waals surface area contributed by atoms with Crippen molar-refractivity contribution < 1.29 is 9.53 Å². The molecule has 1 aromatic rings. The zero-order valence-corrected chi connectivity index (χ0v) is 7.95. The number of hydrogen-bond donors (Lipinski definition) is 1. The molecule has 1 heterocycles. The van der Waals surface area contributed by atoms with Crippen molar-refractivity contribution in [1.82, 2.24) is 10.2 Å². The van der Waals surface area contributed by atoms with E-state index in [1.165, 1.54) is 6.07 Å². The maximum absolute atomic E-state index is 11.2. The first-order chi connectivity index (χ1) is 6.74. The van der Waals surface area contributed by atoms with Crippen molar-refractivity contribution in [3.05, 3.63) is 28.2 Å². The van der Waals surface area contributed by atoms with Gasteiger partial charge in [0.05, 0.1) is 12.8 Å². The van der Waals surface area contributed by atoms with Crippen LogP contribution in [0.1, 0.15) is 30.3 Å². The smallest absolute Gasteiger partial charge is 0.356 e. The average Bonchev–Trinajstić information content (AvgIpc) is 2.18. The first-order valence-electron chi connectivity index (χ1n) is 4.46. The van der Waals surface area contributed by atoms with E-state index in [1.54, 1.807) is 0 Å². The highest BCUT2D eigenvalue weighted by Crippen LogP contribution is 1.95. The van der Waals surface area contributed by atoms with Crippen molar-refractivity contribution >= 4 is 5.97 Å². The van der Waals surface area contributed by atoms with Crippen LogP contribution in [0.3, 0.4) is 0 Å². The Morgan fingerprint density at radius 3 is 3.07 bits per heavy atom. The summed E-state index contributed by atoms with van der Waals surface area (Å²) in [7, 11) is 0. The van der Waals surface area contributed by atoms with Crippen molar-refractivity contribution in [2.75, 3.05) is 6.61 Å². The maximum atomic E-state index is 11.2. The molecule has 0 aliphatic heterocycles. The summed E-state index contributed by atoms with van der Waals surface area (Å²) in [5.74, 6) is -0.538. The summed E-state index contributed by atoms with van der Waals surface area (Å²) in [6.07, 6.45) is 2.87. The highest BCUT2D eigenvalue weighted by molar-refractivity contribution is 5.86. The van der Waals surface area contributed by atoms with Crippen LogP contribution in [0, 0.1) is 0 Å². The van der Waals surface area contributed by atoms with E-state index in [0.717, 1.165) is 19.0 Å². The number of H-pyrrole nitrogens is 1. The Kier molecular flexibility index (Phi) is 3.84. The fraction of sp³-hybridized carbons (Fsp3) is 0.444. The molecule has 0 amide bonds. The fourth-order valence-corrected chi connectivity index (χ4v) is 0.869. The summed E-state index contributed by atoms with van der Waals surface area (Å²) in [4.78, 5) is 22.1. The van der Waals surface area contributed by atoms with Crippen LogP contribution in [0.5, 0.6) is 0 Å². The van der Waals surface area contributed by atoms with E-state index in [9.17, 15) is 9.59 Å².